The van der Waals surface area contributed by atoms with Gasteiger partial charge in [-0.1, -0.05) is 6.42 Å². The molecule has 1 fully saturated rings. The van der Waals surface area contributed by atoms with Crippen LogP contribution in [0.15, 0.2) is 46.4 Å². The molecule has 1 aliphatic heterocycles. The molecule has 2 aromatic rings. The van der Waals surface area contributed by atoms with Gasteiger partial charge in [-0.15, -0.1) is 0 Å². The molecule has 0 aromatic heterocycles. The van der Waals surface area contributed by atoms with Crippen LogP contribution >= 0.6 is 0 Å². The van der Waals surface area contributed by atoms with E-state index >= 15 is 0 Å². The summed E-state index contributed by atoms with van der Waals surface area (Å²) in [7, 11) is -0.450. The zero-order valence-corrected chi connectivity index (χ0v) is 19.0. The molecule has 176 valence electrons. The summed E-state index contributed by atoms with van der Waals surface area (Å²) in [5, 5.41) is 26.4. The minimum atomic E-state index is -3.99. The van der Waals surface area contributed by atoms with Crippen LogP contribution in [-0.2, 0) is 10.0 Å². The van der Waals surface area contributed by atoms with Crippen LogP contribution in [0.25, 0.3) is 0 Å². The monoisotopic (exact) mass is 476 g/mol. The van der Waals surface area contributed by atoms with Crippen molar-refractivity contribution in [1.82, 2.24) is 4.31 Å². The number of piperidine rings is 1. The van der Waals surface area contributed by atoms with Gasteiger partial charge in [0.05, 0.1) is 21.7 Å². The van der Waals surface area contributed by atoms with Crippen molar-refractivity contribution in [3.8, 4) is 0 Å². The van der Waals surface area contributed by atoms with Crippen molar-refractivity contribution in [3.63, 3.8) is 0 Å². The highest BCUT2D eigenvalue weighted by Gasteiger charge is 2.30. The fourth-order valence-electron chi connectivity index (χ4n) is 3.51. The first-order chi connectivity index (χ1) is 15.6. The molecule has 0 amide bonds. The zero-order chi connectivity index (χ0) is 24.2. The molecule has 1 heterocycles. The Labute approximate surface area is 190 Å². The zero-order valence-electron chi connectivity index (χ0n) is 18.2. The fourth-order valence-corrected chi connectivity index (χ4v) is 5.19. The van der Waals surface area contributed by atoms with Gasteiger partial charge in [-0.3, -0.25) is 25.7 Å². The Kier molecular flexibility index (Phi) is 7.23. The standard InChI is InChI=1S/C20H24N6O6S/c1-23(2)19-9-7-16(25(27)28)12-15(19)14-21-22-18-8-6-17(26(29)30)13-20(18)33(31,32)24-10-4-3-5-11-24/h6-9,12-14,22H,3-5,10-11H2,1-2H3. The van der Waals surface area contributed by atoms with Crippen molar-refractivity contribution in [3.05, 3.63) is 62.2 Å². The third-order valence-electron chi connectivity index (χ3n) is 5.20. The smallest absolute Gasteiger partial charge is 0.270 e. The first-order valence-electron chi connectivity index (χ1n) is 10.1. The van der Waals surface area contributed by atoms with Gasteiger partial charge in [-0.05, 0) is 25.0 Å². The topological polar surface area (TPSA) is 151 Å². The number of nitrogens with one attached hydrogen (secondary N) is 1. The van der Waals surface area contributed by atoms with Gasteiger partial charge in [0.15, 0.2) is 0 Å². The minimum Gasteiger partial charge on any atom is -0.377 e. The first kappa shape index (κ1) is 24.1. The summed E-state index contributed by atoms with van der Waals surface area (Å²) in [5.74, 6) is 0. The van der Waals surface area contributed by atoms with Crippen molar-refractivity contribution < 1.29 is 18.3 Å². The maximum atomic E-state index is 13.2. The van der Waals surface area contributed by atoms with Crippen LogP contribution in [0.4, 0.5) is 22.7 Å². The lowest BCUT2D eigenvalue weighted by Gasteiger charge is -2.26. The first-order valence-corrected chi connectivity index (χ1v) is 11.6. The molecule has 2 aromatic carbocycles. The van der Waals surface area contributed by atoms with Gasteiger partial charge in [-0.25, -0.2) is 8.42 Å². The number of nitro groups is 2. The molecule has 0 aliphatic carbocycles. The average molecular weight is 477 g/mol. The predicted octanol–water partition coefficient (Wildman–Crippen LogP) is 3.19. The lowest BCUT2D eigenvalue weighted by atomic mass is 10.1. The van der Waals surface area contributed by atoms with Gasteiger partial charge >= 0.3 is 0 Å². The van der Waals surface area contributed by atoms with Crippen molar-refractivity contribution in [2.45, 2.75) is 24.2 Å². The maximum Gasteiger partial charge on any atom is 0.270 e. The van der Waals surface area contributed by atoms with Crippen molar-refractivity contribution in [2.75, 3.05) is 37.5 Å². The number of nitrogens with zero attached hydrogens (tertiary/aromatic N) is 5. The van der Waals surface area contributed by atoms with Crippen molar-refractivity contribution in [1.29, 1.82) is 0 Å². The number of benzene rings is 2. The second-order valence-electron chi connectivity index (χ2n) is 7.67. The van der Waals surface area contributed by atoms with E-state index in [4.69, 9.17) is 0 Å². The number of nitro benzene ring substituents is 2. The molecule has 3 rings (SSSR count). The number of hydrogen-bond donors (Lipinski definition) is 1. The summed E-state index contributed by atoms with van der Waals surface area (Å²) < 4.78 is 27.7. The summed E-state index contributed by atoms with van der Waals surface area (Å²) in [6, 6.07) is 7.79. The van der Waals surface area contributed by atoms with Gasteiger partial charge in [0.25, 0.3) is 11.4 Å². The molecule has 0 unspecified atom stereocenters. The highest BCUT2D eigenvalue weighted by Crippen LogP contribution is 2.31. The highest BCUT2D eigenvalue weighted by molar-refractivity contribution is 7.89. The Bertz CT molecular complexity index is 1190. The van der Waals surface area contributed by atoms with E-state index in [1.54, 1.807) is 25.1 Å². The number of hydrogen-bond acceptors (Lipinski definition) is 9. The predicted molar refractivity (Wildman–Crippen MR) is 124 cm³/mol. The molecular formula is C20H24N6O6S. The van der Waals surface area contributed by atoms with E-state index in [1.807, 2.05) is 0 Å². The molecule has 0 bridgehead atoms. The number of rotatable bonds is 8. The Morgan fingerprint density at radius 3 is 2.21 bits per heavy atom. The second kappa shape index (κ2) is 9.92. The summed E-state index contributed by atoms with van der Waals surface area (Å²) in [5.41, 5.74) is 3.33. The van der Waals surface area contributed by atoms with Crippen LogP contribution in [0.1, 0.15) is 24.8 Å². The van der Waals surface area contributed by atoms with Crippen molar-refractivity contribution in [2.24, 2.45) is 5.10 Å². The van der Waals surface area contributed by atoms with Crippen LogP contribution in [0, 0.1) is 20.2 Å². The van der Waals surface area contributed by atoms with E-state index in [0.717, 1.165) is 25.3 Å². The molecule has 1 aliphatic rings. The SMILES string of the molecule is CN(C)c1ccc([N+](=O)[O-])cc1C=NNc1ccc([N+](=O)[O-])cc1S(=O)(=O)N1CCCCC1. The number of non-ortho nitro benzene ring substituents is 2. The Morgan fingerprint density at radius 2 is 1.61 bits per heavy atom. The van der Waals surface area contributed by atoms with E-state index < -0.39 is 19.9 Å². The third kappa shape index (κ3) is 5.43. The Morgan fingerprint density at radius 1 is 1.00 bits per heavy atom. The molecule has 0 spiro atoms. The summed E-state index contributed by atoms with van der Waals surface area (Å²) in [6.07, 6.45) is 3.69. The van der Waals surface area contributed by atoms with Crippen molar-refractivity contribution >= 4 is 39.0 Å². The maximum absolute atomic E-state index is 13.2. The largest absolute Gasteiger partial charge is 0.377 e. The summed E-state index contributed by atoms with van der Waals surface area (Å²) in [4.78, 5) is 22.7. The number of hydrazone groups is 1. The summed E-state index contributed by atoms with van der Waals surface area (Å²) in [6.45, 7) is 0.682. The highest BCUT2D eigenvalue weighted by atomic mass is 32.2. The molecule has 1 N–H and O–H groups in total. The molecular weight excluding hydrogens is 452 g/mol. The van der Waals surface area contributed by atoms with E-state index in [1.165, 1.54) is 34.8 Å². The molecule has 0 radical (unpaired) electrons. The van der Waals surface area contributed by atoms with Gasteiger partial charge in [0.2, 0.25) is 10.0 Å². The fraction of sp³-hybridized carbons (Fsp3) is 0.350. The van der Waals surface area contributed by atoms with Crippen LogP contribution < -0.4 is 10.3 Å². The lowest BCUT2D eigenvalue weighted by Crippen LogP contribution is -2.35. The van der Waals surface area contributed by atoms with Crippen LogP contribution in [0.5, 0.6) is 0 Å². The quantitative estimate of drug-likeness (QED) is 0.346. The third-order valence-corrected chi connectivity index (χ3v) is 7.14. The lowest BCUT2D eigenvalue weighted by molar-refractivity contribution is -0.385. The van der Waals surface area contributed by atoms with Crippen LogP contribution in [0.3, 0.4) is 0 Å². The number of anilines is 2. The Hall–Kier alpha value is -3.58. The summed E-state index contributed by atoms with van der Waals surface area (Å²) >= 11 is 0. The van der Waals surface area contributed by atoms with E-state index in [0.29, 0.717) is 24.3 Å². The molecule has 0 saturated carbocycles. The van der Waals surface area contributed by atoms with Gasteiger partial charge in [-0.2, -0.15) is 9.41 Å². The van der Waals surface area contributed by atoms with E-state index in [2.05, 4.69) is 10.5 Å². The minimum absolute atomic E-state index is 0.0688. The molecule has 0 atom stereocenters. The van der Waals surface area contributed by atoms with E-state index in [9.17, 15) is 28.6 Å². The van der Waals surface area contributed by atoms with Gasteiger partial charge in [0.1, 0.15) is 4.90 Å². The molecule has 33 heavy (non-hydrogen) atoms. The average Bonchev–Trinajstić information content (AvgIpc) is 2.79. The number of sulfonamides is 1. The molecule has 1 saturated heterocycles. The van der Waals surface area contributed by atoms with Crippen LogP contribution in [0.2, 0.25) is 0 Å². The van der Waals surface area contributed by atoms with Gasteiger partial charge < -0.3 is 4.90 Å². The van der Waals surface area contributed by atoms with Gasteiger partial charge in [0, 0.05) is 62.7 Å². The Balaban J connectivity index is 1.97. The van der Waals surface area contributed by atoms with E-state index in [-0.39, 0.29) is 22.0 Å². The normalized spacial score (nSPS) is 14.8. The molecule has 12 nitrogen and oxygen atoms in total. The second-order valence-corrected chi connectivity index (χ2v) is 9.57. The van der Waals surface area contributed by atoms with Crippen LogP contribution in [-0.4, -0.2) is 56.0 Å². The molecule has 13 heteroatoms.